The van der Waals surface area contributed by atoms with Gasteiger partial charge in [0.1, 0.15) is 0 Å². The van der Waals surface area contributed by atoms with Crippen molar-refractivity contribution in [1.82, 2.24) is 10.2 Å². The van der Waals surface area contributed by atoms with E-state index in [-0.39, 0.29) is 11.8 Å². The number of hydrogen-bond donors (Lipinski definition) is 2. The Morgan fingerprint density at radius 2 is 2.03 bits per heavy atom. The zero-order chi connectivity index (χ0) is 20.9. The van der Waals surface area contributed by atoms with Gasteiger partial charge >= 0.3 is 0 Å². The van der Waals surface area contributed by atoms with E-state index >= 15 is 0 Å². The molecule has 8 nitrogen and oxygen atoms in total. The minimum Gasteiger partial charge on any atom is -0.493 e. The van der Waals surface area contributed by atoms with Crippen LogP contribution in [0.2, 0.25) is 0 Å². The average Bonchev–Trinajstić information content (AvgIpc) is 3.13. The molecule has 0 aliphatic carbocycles. The number of β-amino-alcohol motifs (C(OH)–C–C–N with tert-alkyl or cyclic N) is 1. The Morgan fingerprint density at radius 1 is 1.20 bits per heavy atom. The summed E-state index contributed by atoms with van der Waals surface area (Å²) < 4.78 is 22.6. The van der Waals surface area contributed by atoms with Crippen LogP contribution in [-0.2, 0) is 4.74 Å². The number of likely N-dealkylation sites (tertiary alicyclic amines) is 1. The smallest absolute Gasteiger partial charge is 0.255 e. The number of aliphatic hydroxyl groups excluding tert-OH is 1. The van der Waals surface area contributed by atoms with Gasteiger partial charge in [-0.15, -0.1) is 0 Å². The highest BCUT2D eigenvalue weighted by atomic mass is 16.5. The molecule has 8 heteroatoms. The molecule has 0 spiro atoms. The third-order valence-electron chi connectivity index (χ3n) is 6.14. The summed E-state index contributed by atoms with van der Waals surface area (Å²) >= 11 is 0. The van der Waals surface area contributed by atoms with Crippen molar-refractivity contribution in [2.75, 3.05) is 53.1 Å². The zero-order valence-corrected chi connectivity index (χ0v) is 17.6. The predicted molar refractivity (Wildman–Crippen MR) is 110 cm³/mol. The van der Waals surface area contributed by atoms with Crippen molar-refractivity contribution >= 4 is 5.91 Å². The Balaban J connectivity index is 1.34. The maximum absolute atomic E-state index is 12.9. The molecule has 1 aromatic carbocycles. The number of amides is 1. The molecule has 0 bridgehead atoms. The van der Waals surface area contributed by atoms with Crippen LogP contribution in [0, 0.1) is 5.92 Å². The lowest BCUT2D eigenvalue weighted by molar-refractivity contribution is -0.00191. The normalized spacial score (nSPS) is 26.8. The van der Waals surface area contributed by atoms with E-state index in [4.69, 9.17) is 18.9 Å². The SMILES string of the molecule is COc1ccc(C(=O)NC[C@@H]2CCN(CC3CCCO3)C[C@H]2O)c2c1OCCCO2. The predicted octanol–water partition coefficient (Wildman–Crippen LogP) is 1.45. The molecule has 3 atom stereocenters. The summed E-state index contributed by atoms with van der Waals surface area (Å²) in [4.78, 5) is 15.1. The van der Waals surface area contributed by atoms with E-state index in [1.54, 1.807) is 19.2 Å². The van der Waals surface area contributed by atoms with Crippen LogP contribution in [0.4, 0.5) is 0 Å². The van der Waals surface area contributed by atoms with E-state index in [1.165, 1.54) is 0 Å². The summed E-state index contributed by atoms with van der Waals surface area (Å²) in [5, 5.41) is 13.6. The molecule has 0 aromatic heterocycles. The standard InChI is InChI=1S/C22H32N2O6/c1-27-19-6-5-17(20-21(19)30-11-3-10-29-20)22(26)23-12-15-7-8-24(14-18(15)25)13-16-4-2-9-28-16/h5-6,15-16,18,25H,2-4,7-14H2,1H3,(H,23,26)/t15-,16?,18+/m0/s1. The number of nitrogens with zero attached hydrogens (tertiary/aromatic N) is 1. The quantitative estimate of drug-likeness (QED) is 0.720. The maximum Gasteiger partial charge on any atom is 0.255 e. The van der Waals surface area contributed by atoms with Crippen LogP contribution in [0.15, 0.2) is 12.1 Å². The first-order chi connectivity index (χ1) is 14.7. The highest BCUT2D eigenvalue weighted by Crippen LogP contribution is 2.41. The maximum atomic E-state index is 12.9. The lowest BCUT2D eigenvalue weighted by Crippen LogP contribution is -2.49. The molecule has 1 aromatic rings. The highest BCUT2D eigenvalue weighted by molar-refractivity contribution is 5.98. The van der Waals surface area contributed by atoms with E-state index in [1.807, 2.05) is 0 Å². The van der Waals surface area contributed by atoms with Crippen LogP contribution in [0.25, 0.3) is 0 Å². The fourth-order valence-electron chi connectivity index (χ4n) is 4.42. The molecule has 3 aliphatic heterocycles. The minimum atomic E-state index is -0.465. The molecule has 3 aliphatic rings. The number of carbonyl (C=O) groups excluding carboxylic acids is 1. The van der Waals surface area contributed by atoms with Gasteiger partial charge in [0.15, 0.2) is 11.5 Å². The number of benzene rings is 1. The molecule has 4 rings (SSSR count). The third-order valence-corrected chi connectivity index (χ3v) is 6.14. The van der Waals surface area contributed by atoms with Crippen molar-refractivity contribution in [3.63, 3.8) is 0 Å². The molecular formula is C22H32N2O6. The van der Waals surface area contributed by atoms with E-state index in [9.17, 15) is 9.90 Å². The molecule has 166 valence electrons. The molecule has 2 saturated heterocycles. The number of rotatable bonds is 6. The Bertz CT molecular complexity index is 737. The molecular weight excluding hydrogens is 388 g/mol. The number of nitrogens with one attached hydrogen (secondary N) is 1. The summed E-state index contributed by atoms with van der Waals surface area (Å²) in [6, 6.07) is 3.42. The lowest BCUT2D eigenvalue weighted by atomic mass is 9.93. The first kappa shape index (κ1) is 21.2. The van der Waals surface area contributed by atoms with Gasteiger partial charge in [-0.3, -0.25) is 9.69 Å². The summed E-state index contributed by atoms with van der Waals surface area (Å²) in [5.41, 5.74) is 0.429. The van der Waals surface area contributed by atoms with Crippen LogP contribution < -0.4 is 19.5 Å². The monoisotopic (exact) mass is 420 g/mol. The van der Waals surface area contributed by atoms with Gasteiger partial charge in [0.2, 0.25) is 5.75 Å². The number of methoxy groups -OCH3 is 1. The van der Waals surface area contributed by atoms with Gasteiger partial charge in [0.05, 0.1) is 38.1 Å². The second-order valence-corrected chi connectivity index (χ2v) is 8.24. The van der Waals surface area contributed by atoms with E-state index < -0.39 is 6.10 Å². The number of fused-ring (bicyclic) bond motifs is 1. The summed E-state index contributed by atoms with van der Waals surface area (Å²) in [6.07, 6.45) is 3.64. The van der Waals surface area contributed by atoms with Gasteiger partial charge in [-0.2, -0.15) is 0 Å². The van der Waals surface area contributed by atoms with Crippen molar-refractivity contribution in [2.24, 2.45) is 5.92 Å². The van der Waals surface area contributed by atoms with Crippen molar-refractivity contribution in [1.29, 1.82) is 0 Å². The first-order valence-electron chi connectivity index (χ1n) is 10.9. The van der Waals surface area contributed by atoms with E-state index in [2.05, 4.69) is 10.2 Å². The zero-order valence-electron chi connectivity index (χ0n) is 17.6. The van der Waals surface area contributed by atoms with Crippen LogP contribution in [0.5, 0.6) is 17.2 Å². The summed E-state index contributed by atoms with van der Waals surface area (Å²) in [6.45, 7) is 4.69. The lowest BCUT2D eigenvalue weighted by Gasteiger charge is -2.37. The number of ether oxygens (including phenoxy) is 4. The number of hydrogen-bond acceptors (Lipinski definition) is 7. The summed E-state index contributed by atoms with van der Waals surface area (Å²) in [5.74, 6) is 1.26. The van der Waals surface area contributed by atoms with Crippen molar-refractivity contribution in [3.05, 3.63) is 17.7 Å². The van der Waals surface area contributed by atoms with Gasteiger partial charge in [0.25, 0.3) is 5.91 Å². The van der Waals surface area contributed by atoms with E-state index in [0.29, 0.717) is 55.2 Å². The molecule has 1 unspecified atom stereocenters. The fraction of sp³-hybridized carbons (Fsp3) is 0.682. The van der Waals surface area contributed by atoms with Gasteiger partial charge < -0.3 is 29.4 Å². The van der Waals surface area contributed by atoms with Gasteiger partial charge in [-0.1, -0.05) is 0 Å². The second-order valence-electron chi connectivity index (χ2n) is 8.24. The Hall–Kier alpha value is -2.03. The number of piperidine rings is 1. The van der Waals surface area contributed by atoms with Crippen LogP contribution >= 0.6 is 0 Å². The molecule has 2 fully saturated rings. The molecule has 0 radical (unpaired) electrons. The van der Waals surface area contributed by atoms with Crippen LogP contribution in [0.1, 0.15) is 36.0 Å². The third kappa shape index (κ3) is 4.82. The fourth-order valence-corrected chi connectivity index (χ4v) is 4.42. The summed E-state index contributed by atoms with van der Waals surface area (Å²) in [7, 11) is 1.57. The molecule has 1 amide bonds. The topological polar surface area (TPSA) is 89.5 Å². The van der Waals surface area contributed by atoms with Crippen LogP contribution in [0.3, 0.4) is 0 Å². The van der Waals surface area contributed by atoms with Crippen molar-refractivity contribution < 1.29 is 28.8 Å². The van der Waals surface area contributed by atoms with Crippen molar-refractivity contribution in [2.45, 2.75) is 37.9 Å². The number of carbonyl (C=O) groups is 1. The van der Waals surface area contributed by atoms with Gasteiger partial charge in [-0.25, -0.2) is 0 Å². The molecule has 30 heavy (non-hydrogen) atoms. The largest absolute Gasteiger partial charge is 0.493 e. The Kier molecular flexibility index (Phi) is 6.97. The minimum absolute atomic E-state index is 0.0312. The first-order valence-corrected chi connectivity index (χ1v) is 10.9. The van der Waals surface area contributed by atoms with Gasteiger partial charge in [-0.05, 0) is 37.9 Å². The molecule has 0 saturated carbocycles. The molecule has 2 N–H and O–H groups in total. The number of aliphatic hydroxyl groups is 1. The van der Waals surface area contributed by atoms with Crippen molar-refractivity contribution in [3.8, 4) is 17.2 Å². The second kappa shape index (κ2) is 9.85. The van der Waals surface area contributed by atoms with E-state index in [0.717, 1.165) is 45.4 Å². The highest BCUT2D eigenvalue weighted by Gasteiger charge is 2.31. The Morgan fingerprint density at radius 3 is 2.77 bits per heavy atom. The Labute approximate surface area is 177 Å². The van der Waals surface area contributed by atoms with Crippen LogP contribution in [-0.4, -0.2) is 81.2 Å². The average molecular weight is 421 g/mol. The van der Waals surface area contributed by atoms with Gasteiger partial charge in [0, 0.05) is 38.6 Å². The molecule has 3 heterocycles.